The average molecular weight is 358 g/mol. The van der Waals surface area contributed by atoms with Gasteiger partial charge < -0.3 is 4.84 Å². The standard InChI is InChI=1S/C15H11BrF3NO/c16-14-3-1-2-12(8-14)9-20-21-10-11-4-6-13(7-5-11)15(17,18)19/h1-9H,10H2. The lowest BCUT2D eigenvalue weighted by molar-refractivity contribution is -0.137. The van der Waals surface area contributed by atoms with Crippen LogP contribution in [-0.2, 0) is 17.6 Å². The van der Waals surface area contributed by atoms with E-state index in [0.717, 1.165) is 22.2 Å². The molecule has 2 aromatic carbocycles. The summed E-state index contributed by atoms with van der Waals surface area (Å²) in [5, 5.41) is 3.78. The van der Waals surface area contributed by atoms with E-state index in [1.807, 2.05) is 24.3 Å². The van der Waals surface area contributed by atoms with Crippen LogP contribution >= 0.6 is 15.9 Å². The third-order valence-electron chi connectivity index (χ3n) is 2.64. The Kier molecular flexibility index (Phi) is 5.01. The minimum Gasteiger partial charge on any atom is -0.391 e. The average Bonchev–Trinajstić information content (AvgIpc) is 2.43. The molecule has 0 aliphatic carbocycles. The molecule has 0 spiro atoms. The Morgan fingerprint density at radius 2 is 1.81 bits per heavy atom. The molecule has 21 heavy (non-hydrogen) atoms. The van der Waals surface area contributed by atoms with Crippen molar-refractivity contribution in [3.63, 3.8) is 0 Å². The second-order valence-electron chi connectivity index (χ2n) is 4.26. The number of nitrogens with zero attached hydrogens (tertiary/aromatic N) is 1. The zero-order valence-electron chi connectivity index (χ0n) is 10.8. The lowest BCUT2D eigenvalue weighted by Crippen LogP contribution is -2.04. The van der Waals surface area contributed by atoms with Crippen LogP contribution < -0.4 is 0 Å². The highest BCUT2D eigenvalue weighted by Crippen LogP contribution is 2.29. The van der Waals surface area contributed by atoms with E-state index in [1.165, 1.54) is 18.3 Å². The van der Waals surface area contributed by atoms with Gasteiger partial charge in [0.2, 0.25) is 0 Å². The highest BCUT2D eigenvalue weighted by molar-refractivity contribution is 9.10. The molecule has 0 bridgehead atoms. The molecule has 0 aromatic heterocycles. The van der Waals surface area contributed by atoms with Crippen molar-refractivity contribution in [3.05, 3.63) is 69.7 Å². The molecule has 2 nitrogen and oxygen atoms in total. The molecule has 0 atom stereocenters. The predicted octanol–water partition coefficient (Wildman–Crippen LogP) is 5.02. The molecule has 0 radical (unpaired) electrons. The summed E-state index contributed by atoms with van der Waals surface area (Å²) in [6, 6.07) is 12.3. The molecule has 2 aromatic rings. The second-order valence-corrected chi connectivity index (χ2v) is 5.17. The summed E-state index contributed by atoms with van der Waals surface area (Å²) in [4.78, 5) is 5.06. The van der Waals surface area contributed by atoms with E-state index in [1.54, 1.807) is 0 Å². The van der Waals surface area contributed by atoms with Crippen molar-refractivity contribution >= 4 is 22.1 Å². The van der Waals surface area contributed by atoms with Gasteiger partial charge in [0, 0.05) is 4.47 Å². The van der Waals surface area contributed by atoms with Gasteiger partial charge in [-0.15, -0.1) is 0 Å². The molecule has 0 heterocycles. The summed E-state index contributed by atoms with van der Waals surface area (Å²) < 4.78 is 38.1. The highest BCUT2D eigenvalue weighted by atomic mass is 79.9. The highest BCUT2D eigenvalue weighted by Gasteiger charge is 2.29. The third kappa shape index (κ3) is 4.90. The molecule has 110 valence electrons. The fourth-order valence-electron chi connectivity index (χ4n) is 1.59. The van der Waals surface area contributed by atoms with Gasteiger partial charge in [-0.2, -0.15) is 13.2 Å². The van der Waals surface area contributed by atoms with Gasteiger partial charge >= 0.3 is 6.18 Å². The van der Waals surface area contributed by atoms with Gasteiger partial charge in [-0.05, 0) is 35.4 Å². The maximum absolute atomic E-state index is 12.4. The Morgan fingerprint density at radius 3 is 2.43 bits per heavy atom. The number of oxime groups is 1. The normalized spacial score (nSPS) is 11.8. The Labute approximate surface area is 128 Å². The molecular formula is C15H11BrF3NO. The number of benzene rings is 2. The lowest BCUT2D eigenvalue weighted by atomic mass is 10.1. The van der Waals surface area contributed by atoms with Crippen LogP contribution in [0.3, 0.4) is 0 Å². The first kappa shape index (κ1) is 15.6. The first-order valence-electron chi connectivity index (χ1n) is 6.02. The fourth-order valence-corrected chi connectivity index (χ4v) is 2.00. The van der Waals surface area contributed by atoms with Crippen LogP contribution in [0.5, 0.6) is 0 Å². The van der Waals surface area contributed by atoms with Gasteiger partial charge in [-0.1, -0.05) is 45.4 Å². The Bertz CT molecular complexity index is 624. The van der Waals surface area contributed by atoms with Crippen molar-refractivity contribution in [2.75, 3.05) is 0 Å². The summed E-state index contributed by atoms with van der Waals surface area (Å²) in [5.74, 6) is 0. The van der Waals surface area contributed by atoms with Gasteiger partial charge in [0.05, 0.1) is 11.8 Å². The molecule has 0 N–H and O–H groups in total. The van der Waals surface area contributed by atoms with Crippen molar-refractivity contribution in [1.29, 1.82) is 0 Å². The number of rotatable bonds is 4. The van der Waals surface area contributed by atoms with Gasteiger partial charge in [0.25, 0.3) is 0 Å². The largest absolute Gasteiger partial charge is 0.416 e. The molecule has 0 saturated heterocycles. The molecule has 2 rings (SSSR count). The van der Waals surface area contributed by atoms with Crippen LogP contribution in [0.25, 0.3) is 0 Å². The van der Waals surface area contributed by atoms with E-state index in [9.17, 15) is 13.2 Å². The number of alkyl halides is 3. The Hall–Kier alpha value is -1.82. The molecule has 0 fully saturated rings. The maximum atomic E-state index is 12.4. The summed E-state index contributed by atoms with van der Waals surface area (Å²) in [7, 11) is 0. The maximum Gasteiger partial charge on any atom is 0.416 e. The lowest BCUT2D eigenvalue weighted by Gasteiger charge is -2.06. The number of halogens is 4. The molecule has 0 saturated carbocycles. The van der Waals surface area contributed by atoms with E-state index < -0.39 is 11.7 Å². The quantitative estimate of drug-likeness (QED) is 0.556. The van der Waals surface area contributed by atoms with Crippen molar-refractivity contribution in [3.8, 4) is 0 Å². The van der Waals surface area contributed by atoms with Crippen molar-refractivity contribution in [1.82, 2.24) is 0 Å². The van der Waals surface area contributed by atoms with E-state index in [4.69, 9.17) is 4.84 Å². The van der Waals surface area contributed by atoms with Crippen molar-refractivity contribution in [2.45, 2.75) is 12.8 Å². The van der Waals surface area contributed by atoms with Crippen molar-refractivity contribution < 1.29 is 18.0 Å². The van der Waals surface area contributed by atoms with E-state index in [-0.39, 0.29) is 6.61 Å². The van der Waals surface area contributed by atoms with E-state index >= 15 is 0 Å². The Balaban J connectivity index is 1.89. The smallest absolute Gasteiger partial charge is 0.391 e. The van der Waals surface area contributed by atoms with Crippen molar-refractivity contribution in [2.24, 2.45) is 5.16 Å². The van der Waals surface area contributed by atoms with Crippen LogP contribution in [0.15, 0.2) is 58.2 Å². The summed E-state index contributed by atoms with van der Waals surface area (Å²) in [5.41, 5.74) is 0.801. The van der Waals surface area contributed by atoms with Crippen LogP contribution in [-0.4, -0.2) is 6.21 Å². The summed E-state index contributed by atoms with van der Waals surface area (Å²) in [6.07, 6.45) is -2.78. The predicted molar refractivity (Wildman–Crippen MR) is 78.0 cm³/mol. The third-order valence-corrected chi connectivity index (χ3v) is 3.13. The van der Waals surface area contributed by atoms with Gasteiger partial charge in [-0.3, -0.25) is 0 Å². The van der Waals surface area contributed by atoms with Crippen LogP contribution in [0.2, 0.25) is 0 Å². The second kappa shape index (κ2) is 6.76. The van der Waals surface area contributed by atoms with Gasteiger partial charge in [0.1, 0.15) is 6.61 Å². The SMILES string of the molecule is FC(F)(F)c1ccc(CON=Cc2cccc(Br)c2)cc1. The molecule has 0 aliphatic rings. The molecule has 0 amide bonds. The number of hydrogen-bond acceptors (Lipinski definition) is 2. The molecular weight excluding hydrogens is 347 g/mol. The first-order chi connectivity index (χ1) is 9.95. The minimum absolute atomic E-state index is 0.114. The summed E-state index contributed by atoms with van der Waals surface area (Å²) in [6.45, 7) is 0.114. The molecule has 6 heteroatoms. The molecule has 0 unspecified atom stereocenters. The zero-order chi connectivity index (χ0) is 15.3. The zero-order valence-corrected chi connectivity index (χ0v) is 12.4. The van der Waals surface area contributed by atoms with Crippen LogP contribution in [0.4, 0.5) is 13.2 Å². The van der Waals surface area contributed by atoms with Gasteiger partial charge in [0.15, 0.2) is 0 Å². The monoisotopic (exact) mass is 357 g/mol. The fraction of sp³-hybridized carbons (Fsp3) is 0.133. The molecule has 0 aliphatic heterocycles. The minimum atomic E-state index is -4.32. The first-order valence-corrected chi connectivity index (χ1v) is 6.81. The Morgan fingerprint density at radius 1 is 1.10 bits per heavy atom. The number of hydrogen-bond donors (Lipinski definition) is 0. The van der Waals surface area contributed by atoms with E-state index in [0.29, 0.717) is 5.56 Å². The summed E-state index contributed by atoms with van der Waals surface area (Å²) >= 11 is 3.34. The van der Waals surface area contributed by atoms with E-state index in [2.05, 4.69) is 21.1 Å². The van der Waals surface area contributed by atoms with Crippen LogP contribution in [0, 0.1) is 0 Å². The van der Waals surface area contributed by atoms with Crippen LogP contribution in [0.1, 0.15) is 16.7 Å². The van der Waals surface area contributed by atoms with Gasteiger partial charge in [-0.25, -0.2) is 0 Å². The topological polar surface area (TPSA) is 21.6 Å².